The Kier molecular flexibility index (Phi) is 3.66. The fraction of sp³-hybridized carbons (Fsp3) is 1.00. The Morgan fingerprint density at radius 3 is 2.14 bits per heavy atom. The van der Waals surface area contributed by atoms with Crippen LogP contribution in [0.1, 0.15) is 20.3 Å². The van der Waals surface area contributed by atoms with Crippen molar-refractivity contribution in [3.63, 3.8) is 0 Å². The number of hydrogen-bond donors (Lipinski definition) is 1. The monoisotopic (exact) mass is 166 g/mol. The first-order valence-electron chi connectivity index (χ1n) is 2.50. The van der Waals surface area contributed by atoms with Crippen molar-refractivity contribution in [2.75, 3.05) is 0 Å². The van der Waals surface area contributed by atoms with Crippen LogP contribution in [0.5, 0.6) is 0 Å². The maximum Gasteiger partial charge on any atom is 0.111 e. The van der Waals surface area contributed by atoms with Gasteiger partial charge in [-0.1, -0.05) is 36.2 Å². The van der Waals surface area contributed by atoms with Gasteiger partial charge in [-0.05, 0) is 5.92 Å². The summed E-state index contributed by atoms with van der Waals surface area (Å²) in [5, 5.41) is 8.42. The summed E-state index contributed by atoms with van der Waals surface area (Å²) in [5.41, 5.74) is 0. The van der Waals surface area contributed by atoms with Crippen LogP contribution >= 0.6 is 15.9 Å². The average Bonchev–Trinajstić information content (AvgIpc) is 1.65. The summed E-state index contributed by atoms with van der Waals surface area (Å²) >= 11 is 3.06. The molecule has 1 N–H and O–H groups in total. The molecule has 0 aromatic heterocycles. The van der Waals surface area contributed by atoms with E-state index in [0.717, 1.165) is 6.42 Å². The SMILES string of the molecule is CCC(C)C(O)Br. The minimum Gasteiger partial charge on any atom is -0.382 e. The molecule has 0 aromatic rings. The Bertz CT molecular complexity index is 45.3. The van der Waals surface area contributed by atoms with Crippen molar-refractivity contribution in [2.24, 2.45) is 5.92 Å². The summed E-state index contributed by atoms with van der Waals surface area (Å²) < 4.78 is 0. The lowest BCUT2D eigenvalue weighted by atomic mass is 10.1. The topological polar surface area (TPSA) is 20.2 Å². The molecule has 0 rings (SSSR count). The molecule has 0 saturated heterocycles. The van der Waals surface area contributed by atoms with E-state index in [4.69, 9.17) is 5.11 Å². The quantitative estimate of drug-likeness (QED) is 0.621. The highest BCUT2D eigenvalue weighted by molar-refractivity contribution is 9.09. The lowest BCUT2D eigenvalue weighted by Crippen LogP contribution is -2.07. The molecule has 0 aromatic carbocycles. The summed E-state index contributed by atoms with van der Waals surface area (Å²) in [6.45, 7) is 4.05. The van der Waals surface area contributed by atoms with Crippen LogP contribution in [0.4, 0.5) is 0 Å². The first-order chi connectivity index (χ1) is 3.18. The van der Waals surface area contributed by atoms with Crippen molar-refractivity contribution < 1.29 is 5.11 Å². The first kappa shape index (κ1) is 7.44. The summed E-state index contributed by atoms with van der Waals surface area (Å²) in [4.78, 5) is 0. The molecule has 0 aliphatic carbocycles. The van der Waals surface area contributed by atoms with Crippen LogP contribution in [0, 0.1) is 5.92 Å². The molecule has 7 heavy (non-hydrogen) atoms. The molecule has 2 unspecified atom stereocenters. The van der Waals surface area contributed by atoms with Crippen LogP contribution in [0.2, 0.25) is 0 Å². The molecule has 1 nitrogen and oxygen atoms in total. The minimum atomic E-state index is -0.322. The van der Waals surface area contributed by atoms with Crippen LogP contribution in [0.25, 0.3) is 0 Å². The van der Waals surface area contributed by atoms with Crippen LogP contribution < -0.4 is 0 Å². The van der Waals surface area contributed by atoms with E-state index in [0.29, 0.717) is 5.92 Å². The van der Waals surface area contributed by atoms with Gasteiger partial charge in [0.2, 0.25) is 0 Å². The van der Waals surface area contributed by atoms with E-state index < -0.39 is 0 Å². The van der Waals surface area contributed by atoms with Gasteiger partial charge in [0.1, 0.15) is 5.01 Å². The van der Waals surface area contributed by atoms with E-state index in [1.807, 2.05) is 6.92 Å². The Morgan fingerprint density at radius 2 is 2.14 bits per heavy atom. The Morgan fingerprint density at radius 1 is 1.71 bits per heavy atom. The molecule has 44 valence electrons. The van der Waals surface area contributed by atoms with E-state index in [2.05, 4.69) is 22.9 Å². The number of hydrogen-bond acceptors (Lipinski definition) is 1. The number of rotatable bonds is 2. The van der Waals surface area contributed by atoms with Crippen molar-refractivity contribution in [3.8, 4) is 0 Å². The average molecular weight is 167 g/mol. The highest BCUT2D eigenvalue weighted by atomic mass is 79.9. The maximum atomic E-state index is 8.74. The molecule has 0 bridgehead atoms. The third-order valence-corrected chi connectivity index (χ3v) is 2.02. The minimum absolute atomic E-state index is 0.322. The molecular formula is C5H11BrO. The molecule has 0 aliphatic rings. The predicted octanol–water partition coefficient (Wildman–Crippen LogP) is 1.75. The second kappa shape index (κ2) is 3.44. The summed E-state index contributed by atoms with van der Waals surface area (Å²) in [6, 6.07) is 0. The fourth-order valence-corrected chi connectivity index (χ4v) is 0.568. The van der Waals surface area contributed by atoms with Gasteiger partial charge in [0, 0.05) is 0 Å². The standard InChI is InChI=1S/C5H11BrO/c1-3-4(2)5(6)7/h4-5,7H,3H2,1-2H3. The van der Waals surface area contributed by atoms with Crippen molar-refractivity contribution in [1.82, 2.24) is 0 Å². The second-order valence-corrected chi connectivity index (χ2v) is 2.70. The third-order valence-electron chi connectivity index (χ3n) is 1.11. The van der Waals surface area contributed by atoms with E-state index in [9.17, 15) is 0 Å². The van der Waals surface area contributed by atoms with Crippen LogP contribution in [0.15, 0.2) is 0 Å². The van der Waals surface area contributed by atoms with E-state index in [1.165, 1.54) is 0 Å². The van der Waals surface area contributed by atoms with Gasteiger partial charge < -0.3 is 5.11 Å². The molecule has 0 fully saturated rings. The maximum absolute atomic E-state index is 8.74. The first-order valence-corrected chi connectivity index (χ1v) is 3.42. The van der Waals surface area contributed by atoms with Gasteiger partial charge in [0.25, 0.3) is 0 Å². The Balaban J connectivity index is 3.14. The van der Waals surface area contributed by atoms with Crippen molar-refractivity contribution in [1.29, 1.82) is 0 Å². The number of aliphatic hydroxyl groups excluding tert-OH is 1. The molecule has 0 saturated carbocycles. The zero-order valence-corrected chi connectivity index (χ0v) is 6.27. The molecule has 0 aliphatic heterocycles. The molecule has 0 radical (unpaired) electrons. The van der Waals surface area contributed by atoms with E-state index in [1.54, 1.807) is 0 Å². The zero-order valence-electron chi connectivity index (χ0n) is 4.69. The van der Waals surface area contributed by atoms with Crippen molar-refractivity contribution in [2.45, 2.75) is 25.3 Å². The summed E-state index contributed by atoms with van der Waals surface area (Å²) in [5.74, 6) is 0.375. The number of halogens is 1. The van der Waals surface area contributed by atoms with E-state index in [-0.39, 0.29) is 5.01 Å². The fourth-order valence-electron chi connectivity index (χ4n) is 0.194. The summed E-state index contributed by atoms with van der Waals surface area (Å²) in [6.07, 6.45) is 1.02. The zero-order chi connectivity index (χ0) is 5.86. The normalized spacial score (nSPS) is 18.9. The van der Waals surface area contributed by atoms with Gasteiger partial charge in [-0.2, -0.15) is 0 Å². The van der Waals surface area contributed by atoms with Gasteiger partial charge in [-0.15, -0.1) is 0 Å². The lowest BCUT2D eigenvalue weighted by molar-refractivity contribution is 0.205. The molecule has 2 atom stereocenters. The largest absolute Gasteiger partial charge is 0.382 e. The van der Waals surface area contributed by atoms with Gasteiger partial charge in [0.15, 0.2) is 0 Å². The highest BCUT2D eigenvalue weighted by Crippen LogP contribution is 2.11. The van der Waals surface area contributed by atoms with Gasteiger partial charge >= 0.3 is 0 Å². The third kappa shape index (κ3) is 3.06. The molecule has 0 amide bonds. The second-order valence-electron chi connectivity index (χ2n) is 1.76. The highest BCUT2D eigenvalue weighted by Gasteiger charge is 2.05. The van der Waals surface area contributed by atoms with Gasteiger partial charge in [-0.25, -0.2) is 0 Å². The van der Waals surface area contributed by atoms with E-state index >= 15 is 0 Å². The predicted molar refractivity (Wildman–Crippen MR) is 34.4 cm³/mol. The van der Waals surface area contributed by atoms with Crippen molar-refractivity contribution >= 4 is 15.9 Å². The molecule has 2 heteroatoms. The molecular weight excluding hydrogens is 156 g/mol. The van der Waals surface area contributed by atoms with Crippen LogP contribution in [-0.2, 0) is 0 Å². The molecule has 0 spiro atoms. The summed E-state index contributed by atoms with van der Waals surface area (Å²) in [7, 11) is 0. The van der Waals surface area contributed by atoms with Gasteiger partial charge in [0.05, 0.1) is 0 Å². The van der Waals surface area contributed by atoms with Crippen LogP contribution in [-0.4, -0.2) is 10.1 Å². The lowest BCUT2D eigenvalue weighted by Gasteiger charge is -2.07. The van der Waals surface area contributed by atoms with Crippen molar-refractivity contribution in [3.05, 3.63) is 0 Å². The number of alkyl halides is 1. The van der Waals surface area contributed by atoms with Crippen LogP contribution in [0.3, 0.4) is 0 Å². The smallest absolute Gasteiger partial charge is 0.111 e. The number of aliphatic hydroxyl groups is 1. The molecule has 0 heterocycles. The Hall–Kier alpha value is 0.440. The Labute approximate surface area is 52.9 Å². The van der Waals surface area contributed by atoms with Gasteiger partial charge in [-0.3, -0.25) is 0 Å².